The lowest BCUT2D eigenvalue weighted by atomic mass is 10.0. The second-order valence-electron chi connectivity index (χ2n) is 21.0. The van der Waals surface area contributed by atoms with Crippen LogP contribution in [0.3, 0.4) is 0 Å². The molecule has 70 heavy (non-hydrogen) atoms. The zero-order valence-corrected chi connectivity index (χ0v) is 47.1. The van der Waals surface area contributed by atoms with Crippen LogP contribution in [0.1, 0.15) is 335 Å². The number of ether oxygens (including phenoxy) is 3. The van der Waals surface area contributed by atoms with Crippen LogP contribution in [0.2, 0.25) is 0 Å². The third kappa shape index (κ3) is 56.5. The number of hydrogen-bond acceptors (Lipinski definition) is 6. The molecular formula is C64H118O6. The lowest BCUT2D eigenvalue weighted by Gasteiger charge is -2.18. The van der Waals surface area contributed by atoms with Gasteiger partial charge in [-0.25, -0.2) is 0 Å². The highest BCUT2D eigenvalue weighted by Gasteiger charge is 2.19. The van der Waals surface area contributed by atoms with Gasteiger partial charge in [0.25, 0.3) is 0 Å². The van der Waals surface area contributed by atoms with E-state index in [1.807, 2.05) is 0 Å². The van der Waals surface area contributed by atoms with Gasteiger partial charge >= 0.3 is 17.9 Å². The molecule has 0 saturated heterocycles. The van der Waals surface area contributed by atoms with Crippen LogP contribution in [0.4, 0.5) is 0 Å². The Morgan fingerprint density at radius 1 is 0.286 bits per heavy atom. The van der Waals surface area contributed by atoms with E-state index in [1.54, 1.807) is 0 Å². The molecule has 0 radical (unpaired) electrons. The van der Waals surface area contributed by atoms with Gasteiger partial charge in [0.2, 0.25) is 0 Å². The molecule has 0 amide bonds. The van der Waals surface area contributed by atoms with Crippen LogP contribution < -0.4 is 0 Å². The fourth-order valence-electron chi connectivity index (χ4n) is 9.16. The Bertz CT molecular complexity index is 1170. The number of hydrogen-bond donors (Lipinski definition) is 0. The third-order valence-corrected chi connectivity index (χ3v) is 13.9. The third-order valence-electron chi connectivity index (χ3n) is 13.9. The Balaban J connectivity index is 4.07. The maximum atomic E-state index is 12.8. The van der Waals surface area contributed by atoms with Gasteiger partial charge in [0, 0.05) is 19.3 Å². The second-order valence-corrected chi connectivity index (χ2v) is 21.0. The fraction of sp³-hybridized carbons (Fsp3) is 0.859. The van der Waals surface area contributed by atoms with Crippen molar-refractivity contribution in [2.45, 2.75) is 341 Å². The molecule has 0 aliphatic heterocycles. The van der Waals surface area contributed by atoms with E-state index in [-0.39, 0.29) is 31.1 Å². The second kappa shape index (κ2) is 59.2. The summed E-state index contributed by atoms with van der Waals surface area (Å²) < 4.78 is 16.8. The molecule has 0 aromatic carbocycles. The summed E-state index contributed by atoms with van der Waals surface area (Å²) in [5.74, 6) is -0.874. The zero-order chi connectivity index (χ0) is 50.7. The summed E-state index contributed by atoms with van der Waals surface area (Å²) in [6, 6.07) is 0. The fourth-order valence-corrected chi connectivity index (χ4v) is 9.16. The Labute approximate surface area is 435 Å². The molecule has 0 fully saturated rings. The standard InChI is InChI=1S/C64H118O6/c1-4-7-10-13-16-19-21-23-25-26-27-28-29-30-31-32-33-34-35-36-37-38-39-41-42-45-48-51-54-57-63(66)69-60-61(59-68-62(65)56-53-50-47-44-18-15-12-9-6-3)70-64(67)58-55-52-49-46-43-40-24-22-20-17-14-11-8-5-2/h14,17,22,24,26-27,61H,4-13,15-16,18-21,23,25,28-60H2,1-3H3/b17-14-,24-22-,27-26-. The van der Waals surface area contributed by atoms with Gasteiger partial charge in [-0.05, 0) is 70.6 Å². The van der Waals surface area contributed by atoms with E-state index in [1.165, 1.54) is 212 Å². The molecule has 0 N–H and O–H groups in total. The van der Waals surface area contributed by atoms with Crippen LogP contribution in [-0.2, 0) is 28.6 Å². The highest BCUT2D eigenvalue weighted by molar-refractivity contribution is 5.71. The molecule has 0 heterocycles. The summed E-state index contributed by atoms with van der Waals surface area (Å²) in [6.07, 6.45) is 71.7. The number of rotatable bonds is 57. The summed E-state index contributed by atoms with van der Waals surface area (Å²) >= 11 is 0. The van der Waals surface area contributed by atoms with Crippen LogP contribution in [0.25, 0.3) is 0 Å². The van der Waals surface area contributed by atoms with Crippen molar-refractivity contribution < 1.29 is 28.6 Å². The Hall–Kier alpha value is -2.37. The first-order chi connectivity index (χ1) is 34.5. The van der Waals surface area contributed by atoms with Crippen LogP contribution in [0, 0.1) is 0 Å². The first-order valence-corrected chi connectivity index (χ1v) is 31.0. The minimum Gasteiger partial charge on any atom is -0.462 e. The minimum absolute atomic E-state index is 0.0737. The minimum atomic E-state index is -0.775. The first-order valence-electron chi connectivity index (χ1n) is 31.0. The summed E-state index contributed by atoms with van der Waals surface area (Å²) in [6.45, 7) is 6.61. The number of allylic oxidation sites excluding steroid dienone is 6. The maximum absolute atomic E-state index is 12.8. The lowest BCUT2D eigenvalue weighted by Crippen LogP contribution is -2.30. The predicted molar refractivity (Wildman–Crippen MR) is 302 cm³/mol. The van der Waals surface area contributed by atoms with E-state index >= 15 is 0 Å². The van der Waals surface area contributed by atoms with E-state index in [0.717, 1.165) is 83.5 Å². The number of carbonyl (C=O) groups is 3. The molecule has 0 spiro atoms. The summed E-state index contributed by atoms with van der Waals surface area (Å²) in [5.41, 5.74) is 0. The van der Waals surface area contributed by atoms with Gasteiger partial charge in [-0.15, -0.1) is 0 Å². The van der Waals surface area contributed by atoms with E-state index < -0.39 is 6.10 Å². The molecule has 6 nitrogen and oxygen atoms in total. The van der Waals surface area contributed by atoms with Crippen molar-refractivity contribution in [3.8, 4) is 0 Å². The quantitative estimate of drug-likeness (QED) is 0.0261. The van der Waals surface area contributed by atoms with E-state index in [9.17, 15) is 14.4 Å². The maximum Gasteiger partial charge on any atom is 0.306 e. The molecular weight excluding hydrogens is 865 g/mol. The normalized spacial score (nSPS) is 12.2. The van der Waals surface area contributed by atoms with Crippen LogP contribution >= 0.6 is 0 Å². The van der Waals surface area contributed by atoms with Crippen molar-refractivity contribution in [3.63, 3.8) is 0 Å². The molecule has 0 bridgehead atoms. The Morgan fingerprint density at radius 3 is 0.843 bits per heavy atom. The highest BCUT2D eigenvalue weighted by Crippen LogP contribution is 2.17. The Kier molecular flexibility index (Phi) is 57.2. The number of unbranched alkanes of at least 4 members (excludes halogenated alkanes) is 40. The highest BCUT2D eigenvalue weighted by atomic mass is 16.6. The molecule has 0 aromatic heterocycles. The van der Waals surface area contributed by atoms with Crippen molar-refractivity contribution >= 4 is 17.9 Å². The van der Waals surface area contributed by atoms with E-state index in [2.05, 4.69) is 57.2 Å². The van der Waals surface area contributed by atoms with Gasteiger partial charge in [0.05, 0.1) is 0 Å². The molecule has 410 valence electrons. The molecule has 1 unspecified atom stereocenters. The van der Waals surface area contributed by atoms with Crippen LogP contribution in [0.5, 0.6) is 0 Å². The summed E-state index contributed by atoms with van der Waals surface area (Å²) in [7, 11) is 0. The van der Waals surface area contributed by atoms with Crippen LogP contribution in [0.15, 0.2) is 36.5 Å². The average molecular weight is 984 g/mol. The van der Waals surface area contributed by atoms with Gasteiger partial charge in [0.1, 0.15) is 13.2 Å². The van der Waals surface area contributed by atoms with Gasteiger partial charge in [-0.3, -0.25) is 14.4 Å². The van der Waals surface area contributed by atoms with Crippen molar-refractivity contribution in [1.82, 2.24) is 0 Å². The average Bonchev–Trinajstić information content (AvgIpc) is 3.36. The monoisotopic (exact) mass is 983 g/mol. The van der Waals surface area contributed by atoms with Gasteiger partial charge in [-0.1, -0.05) is 282 Å². The van der Waals surface area contributed by atoms with Crippen molar-refractivity contribution in [2.75, 3.05) is 13.2 Å². The van der Waals surface area contributed by atoms with Crippen molar-refractivity contribution in [3.05, 3.63) is 36.5 Å². The van der Waals surface area contributed by atoms with Gasteiger partial charge < -0.3 is 14.2 Å². The van der Waals surface area contributed by atoms with Crippen molar-refractivity contribution in [1.29, 1.82) is 0 Å². The number of carbonyl (C=O) groups excluding carboxylic acids is 3. The first kappa shape index (κ1) is 67.6. The van der Waals surface area contributed by atoms with Crippen LogP contribution in [-0.4, -0.2) is 37.2 Å². The lowest BCUT2D eigenvalue weighted by molar-refractivity contribution is -0.167. The van der Waals surface area contributed by atoms with Gasteiger partial charge in [0.15, 0.2) is 6.10 Å². The molecule has 6 heteroatoms. The predicted octanol–water partition coefficient (Wildman–Crippen LogP) is 20.8. The molecule has 1 atom stereocenters. The summed E-state index contributed by atoms with van der Waals surface area (Å²) in [4.78, 5) is 38.0. The molecule has 0 aliphatic rings. The summed E-state index contributed by atoms with van der Waals surface area (Å²) in [5, 5.41) is 0. The van der Waals surface area contributed by atoms with Crippen molar-refractivity contribution in [2.24, 2.45) is 0 Å². The van der Waals surface area contributed by atoms with Gasteiger partial charge in [-0.2, -0.15) is 0 Å². The van der Waals surface area contributed by atoms with E-state index in [0.29, 0.717) is 19.3 Å². The zero-order valence-electron chi connectivity index (χ0n) is 47.1. The largest absolute Gasteiger partial charge is 0.462 e. The molecule has 0 aliphatic carbocycles. The molecule has 0 rings (SSSR count). The smallest absolute Gasteiger partial charge is 0.306 e. The molecule has 0 saturated carbocycles. The Morgan fingerprint density at radius 2 is 0.529 bits per heavy atom. The SMILES string of the molecule is CCCC/C=C\C/C=C\CCCCCCCC(=O)OC(COC(=O)CCCCCCCCCCC)COC(=O)CCCCCCCCCCCCCCCCCCC/C=C\CCCCCCCCCC. The van der Waals surface area contributed by atoms with E-state index in [4.69, 9.17) is 14.2 Å². The topological polar surface area (TPSA) is 78.9 Å². The molecule has 0 aromatic rings. The number of esters is 3.